The zero-order valence-electron chi connectivity index (χ0n) is 12.8. The van der Waals surface area contributed by atoms with Crippen LogP contribution in [0.4, 0.5) is 0 Å². The Hall–Kier alpha value is -1.14. The molecule has 6 nitrogen and oxygen atoms in total. The van der Waals surface area contributed by atoms with Crippen molar-refractivity contribution in [1.29, 1.82) is 0 Å². The normalized spacial score (nSPS) is 25.1. The summed E-state index contributed by atoms with van der Waals surface area (Å²) in [6, 6.07) is 0.273. The zero-order valence-corrected chi connectivity index (χ0v) is 12.8. The van der Waals surface area contributed by atoms with Gasteiger partial charge in [0.15, 0.2) is 5.79 Å². The maximum absolute atomic E-state index is 12.6. The topological polar surface area (TPSA) is 67.9 Å². The number of likely N-dealkylation sites (tertiary alicyclic amines) is 1. The highest BCUT2D eigenvalue weighted by Crippen LogP contribution is 2.33. The van der Waals surface area contributed by atoms with Crippen LogP contribution in [0.25, 0.3) is 0 Å². The van der Waals surface area contributed by atoms with Crippen LogP contribution in [0, 0.1) is 5.41 Å². The van der Waals surface area contributed by atoms with Crippen LogP contribution in [-0.2, 0) is 19.1 Å². The molecule has 1 N–H and O–H groups in total. The molecule has 3 rings (SSSR count). The minimum atomic E-state index is -1.01. The van der Waals surface area contributed by atoms with E-state index >= 15 is 0 Å². The van der Waals surface area contributed by atoms with E-state index in [2.05, 4.69) is 5.32 Å². The number of rotatable bonds is 3. The lowest BCUT2D eigenvalue weighted by molar-refractivity contribution is -0.189. The van der Waals surface area contributed by atoms with Crippen molar-refractivity contribution in [2.24, 2.45) is 5.41 Å². The molecule has 3 aliphatic rings. The van der Waals surface area contributed by atoms with E-state index in [0.29, 0.717) is 39.1 Å². The first-order chi connectivity index (χ1) is 9.93. The molecule has 0 bridgehead atoms. The first-order valence-electron chi connectivity index (χ1n) is 7.81. The van der Waals surface area contributed by atoms with Gasteiger partial charge in [0.1, 0.15) is 5.41 Å². The predicted octanol–water partition coefficient (Wildman–Crippen LogP) is 0.657. The number of hydrogen-bond donors (Lipinski definition) is 1. The van der Waals surface area contributed by atoms with Crippen LogP contribution in [0.5, 0.6) is 0 Å². The van der Waals surface area contributed by atoms with Crippen molar-refractivity contribution < 1.29 is 19.1 Å². The Kier molecular flexibility index (Phi) is 3.69. The van der Waals surface area contributed by atoms with E-state index in [0.717, 1.165) is 12.8 Å². The second kappa shape index (κ2) is 5.25. The minimum absolute atomic E-state index is 0.103. The molecule has 2 aliphatic heterocycles. The van der Waals surface area contributed by atoms with Gasteiger partial charge < -0.3 is 19.7 Å². The fraction of sp³-hybridized carbons (Fsp3) is 0.867. The highest BCUT2D eigenvalue weighted by Gasteiger charge is 2.45. The molecule has 1 spiro atoms. The molecule has 0 radical (unpaired) electrons. The van der Waals surface area contributed by atoms with Gasteiger partial charge in [0.2, 0.25) is 11.8 Å². The Balaban J connectivity index is 1.58. The molecule has 0 aromatic rings. The molecular formula is C15H24N2O4. The van der Waals surface area contributed by atoms with Gasteiger partial charge in [0.05, 0.1) is 13.2 Å². The van der Waals surface area contributed by atoms with Crippen LogP contribution < -0.4 is 5.32 Å². The van der Waals surface area contributed by atoms with Crippen molar-refractivity contribution in [3.63, 3.8) is 0 Å². The summed E-state index contributed by atoms with van der Waals surface area (Å²) in [6.45, 7) is 5.84. The summed E-state index contributed by atoms with van der Waals surface area (Å²) in [5.74, 6) is -0.755. The molecule has 1 saturated carbocycles. The summed E-state index contributed by atoms with van der Waals surface area (Å²) in [5.41, 5.74) is -1.01. The number of nitrogens with one attached hydrogen (secondary N) is 1. The fourth-order valence-corrected chi connectivity index (χ4v) is 2.92. The zero-order chi connectivity index (χ0) is 15.1. The number of hydrogen-bond acceptors (Lipinski definition) is 4. The Labute approximate surface area is 125 Å². The molecule has 2 heterocycles. The summed E-state index contributed by atoms with van der Waals surface area (Å²) in [4.78, 5) is 26.7. The summed E-state index contributed by atoms with van der Waals surface area (Å²) in [5, 5.41) is 2.93. The van der Waals surface area contributed by atoms with Gasteiger partial charge in [-0.3, -0.25) is 9.59 Å². The van der Waals surface area contributed by atoms with Crippen LogP contribution in [0.1, 0.15) is 39.5 Å². The van der Waals surface area contributed by atoms with Crippen LogP contribution in [-0.4, -0.2) is 54.8 Å². The summed E-state index contributed by atoms with van der Waals surface area (Å²) in [6.07, 6.45) is 3.41. The van der Waals surface area contributed by atoms with Crippen LogP contribution in [0.3, 0.4) is 0 Å². The lowest BCUT2D eigenvalue weighted by atomic mass is 9.89. The molecule has 0 atom stereocenters. The summed E-state index contributed by atoms with van der Waals surface area (Å²) in [7, 11) is 0. The quantitative estimate of drug-likeness (QED) is 0.777. The average Bonchev–Trinajstić information content (AvgIpc) is 3.17. The monoisotopic (exact) mass is 296 g/mol. The molecule has 3 fully saturated rings. The molecule has 1 aliphatic carbocycles. The van der Waals surface area contributed by atoms with Crippen molar-refractivity contribution in [1.82, 2.24) is 10.2 Å². The molecule has 0 unspecified atom stereocenters. The largest absolute Gasteiger partial charge is 0.352 e. The maximum atomic E-state index is 12.6. The SMILES string of the molecule is CC(C)(C(=O)NC1CC1)C(=O)N1CCC2(CC1)OCCO2. The number of carbonyl (C=O) groups excluding carboxylic acids is 2. The van der Waals surface area contributed by atoms with Gasteiger partial charge in [0.25, 0.3) is 0 Å². The lowest BCUT2D eigenvalue weighted by Crippen LogP contribution is -2.54. The third-order valence-electron chi connectivity index (χ3n) is 4.64. The van der Waals surface area contributed by atoms with E-state index in [1.807, 2.05) is 0 Å². The smallest absolute Gasteiger partial charge is 0.237 e. The van der Waals surface area contributed by atoms with Crippen molar-refractivity contribution in [2.75, 3.05) is 26.3 Å². The van der Waals surface area contributed by atoms with Gasteiger partial charge in [0, 0.05) is 32.0 Å². The second-order valence-electron chi connectivity index (χ2n) is 6.77. The van der Waals surface area contributed by atoms with Gasteiger partial charge in [-0.25, -0.2) is 0 Å². The Morgan fingerprint density at radius 2 is 1.71 bits per heavy atom. The first-order valence-corrected chi connectivity index (χ1v) is 7.81. The van der Waals surface area contributed by atoms with E-state index in [-0.39, 0.29) is 17.9 Å². The van der Waals surface area contributed by atoms with Gasteiger partial charge in [-0.05, 0) is 26.7 Å². The lowest BCUT2D eigenvalue weighted by Gasteiger charge is -2.40. The molecular weight excluding hydrogens is 272 g/mol. The van der Waals surface area contributed by atoms with Crippen LogP contribution in [0.15, 0.2) is 0 Å². The van der Waals surface area contributed by atoms with Gasteiger partial charge in [-0.15, -0.1) is 0 Å². The molecule has 0 aromatic heterocycles. The first kappa shape index (κ1) is 14.8. The van der Waals surface area contributed by atoms with Crippen molar-refractivity contribution >= 4 is 11.8 Å². The Bertz CT molecular complexity index is 429. The highest BCUT2D eigenvalue weighted by atomic mass is 16.7. The maximum Gasteiger partial charge on any atom is 0.237 e. The van der Waals surface area contributed by atoms with Gasteiger partial charge >= 0.3 is 0 Å². The summed E-state index contributed by atoms with van der Waals surface area (Å²) < 4.78 is 11.3. The third-order valence-corrected chi connectivity index (χ3v) is 4.64. The fourth-order valence-electron chi connectivity index (χ4n) is 2.92. The minimum Gasteiger partial charge on any atom is -0.352 e. The summed E-state index contributed by atoms with van der Waals surface area (Å²) >= 11 is 0. The van der Waals surface area contributed by atoms with E-state index in [4.69, 9.17) is 9.47 Å². The Morgan fingerprint density at radius 3 is 2.24 bits per heavy atom. The number of nitrogens with zero attached hydrogens (tertiary/aromatic N) is 1. The molecule has 6 heteroatoms. The van der Waals surface area contributed by atoms with Gasteiger partial charge in [-0.1, -0.05) is 0 Å². The van der Waals surface area contributed by atoms with Gasteiger partial charge in [-0.2, -0.15) is 0 Å². The standard InChI is InChI=1S/C15H24N2O4/c1-14(2,12(18)16-11-3-4-11)13(19)17-7-5-15(6-8-17)20-9-10-21-15/h11H,3-10H2,1-2H3,(H,16,18). The molecule has 0 aromatic carbocycles. The van der Waals surface area contributed by atoms with E-state index in [9.17, 15) is 9.59 Å². The molecule has 2 saturated heterocycles. The second-order valence-corrected chi connectivity index (χ2v) is 6.77. The average molecular weight is 296 g/mol. The van der Waals surface area contributed by atoms with Crippen LogP contribution in [0.2, 0.25) is 0 Å². The van der Waals surface area contributed by atoms with E-state index < -0.39 is 11.2 Å². The number of piperidine rings is 1. The van der Waals surface area contributed by atoms with Crippen molar-refractivity contribution in [3.8, 4) is 0 Å². The highest BCUT2D eigenvalue weighted by molar-refractivity contribution is 6.04. The Morgan fingerprint density at radius 1 is 1.14 bits per heavy atom. The predicted molar refractivity (Wildman–Crippen MR) is 75.4 cm³/mol. The number of carbonyl (C=O) groups is 2. The van der Waals surface area contributed by atoms with E-state index in [1.165, 1.54) is 0 Å². The number of amides is 2. The van der Waals surface area contributed by atoms with Crippen LogP contribution >= 0.6 is 0 Å². The van der Waals surface area contributed by atoms with Crippen molar-refractivity contribution in [3.05, 3.63) is 0 Å². The number of ether oxygens (including phenoxy) is 2. The molecule has 118 valence electrons. The molecule has 2 amide bonds. The third kappa shape index (κ3) is 2.92. The molecule has 21 heavy (non-hydrogen) atoms. The van der Waals surface area contributed by atoms with Crippen molar-refractivity contribution in [2.45, 2.75) is 51.4 Å². The van der Waals surface area contributed by atoms with E-state index in [1.54, 1.807) is 18.7 Å².